The van der Waals surface area contributed by atoms with Crippen LogP contribution in [0, 0.1) is 10.1 Å². The third-order valence-electron chi connectivity index (χ3n) is 0.967. The molecule has 3 N–H and O–H groups in total. The second kappa shape index (κ2) is 5.33. The topological polar surface area (TPSA) is 89.4 Å². The minimum Gasteiger partial charge on any atom is -0.320 e. The number of nitrogens with zero attached hydrogens (tertiary/aromatic N) is 1. The van der Waals surface area contributed by atoms with Crippen molar-refractivity contribution in [3.05, 3.63) is 40.4 Å². The quantitative estimate of drug-likeness (QED) is 0.467. The lowest BCUT2D eigenvalue weighted by molar-refractivity contribution is -0.384. The van der Waals surface area contributed by atoms with E-state index in [4.69, 9.17) is 5.21 Å². The van der Waals surface area contributed by atoms with Gasteiger partial charge < -0.3 is 5.21 Å². The van der Waals surface area contributed by atoms with Crippen LogP contribution >= 0.6 is 0 Å². The molecule has 0 heterocycles. The maximum Gasteiger partial charge on any atom is 0.269 e. The number of hydrogen-bond donors (Lipinski definition) is 2. The summed E-state index contributed by atoms with van der Waals surface area (Å²) in [4.78, 5) is 9.59. The maximum absolute atomic E-state index is 10.0. The predicted molar refractivity (Wildman–Crippen MR) is 39.1 cm³/mol. The van der Waals surface area contributed by atoms with Crippen LogP contribution in [-0.2, 0) is 0 Å². The van der Waals surface area contributed by atoms with Crippen LogP contribution in [0.3, 0.4) is 0 Å². The Balaban J connectivity index is 0.000000461. The van der Waals surface area contributed by atoms with E-state index in [9.17, 15) is 10.1 Å². The van der Waals surface area contributed by atoms with Gasteiger partial charge in [0.1, 0.15) is 0 Å². The van der Waals surface area contributed by atoms with Gasteiger partial charge in [0.05, 0.1) is 4.92 Å². The SMILES string of the molecule is NO.O=[N+]([O-])c1ccccc1. The van der Waals surface area contributed by atoms with Crippen molar-refractivity contribution in [2.24, 2.45) is 5.90 Å². The number of rotatable bonds is 1. The molecule has 0 atom stereocenters. The van der Waals surface area contributed by atoms with Crippen LogP contribution in [0.15, 0.2) is 30.3 Å². The Labute approximate surface area is 63.2 Å². The lowest BCUT2D eigenvalue weighted by Crippen LogP contribution is -1.84. The van der Waals surface area contributed by atoms with Crippen LogP contribution in [0.25, 0.3) is 0 Å². The van der Waals surface area contributed by atoms with Gasteiger partial charge >= 0.3 is 0 Å². The number of nitro benzene ring substituents is 1. The molecule has 0 aliphatic heterocycles. The Morgan fingerprint density at radius 2 is 1.73 bits per heavy atom. The third kappa shape index (κ3) is 3.29. The van der Waals surface area contributed by atoms with E-state index in [1.165, 1.54) is 12.1 Å². The normalized spacial score (nSPS) is 7.82. The molecule has 0 fully saturated rings. The molecule has 11 heavy (non-hydrogen) atoms. The van der Waals surface area contributed by atoms with Crippen molar-refractivity contribution in [2.75, 3.05) is 0 Å². The van der Waals surface area contributed by atoms with Crippen molar-refractivity contribution in [1.82, 2.24) is 0 Å². The number of benzene rings is 1. The van der Waals surface area contributed by atoms with Crippen molar-refractivity contribution in [3.8, 4) is 0 Å². The largest absolute Gasteiger partial charge is 0.320 e. The van der Waals surface area contributed by atoms with Gasteiger partial charge in [0.15, 0.2) is 0 Å². The van der Waals surface area contributed by atoms with Crippen LogP contribution in [0.1, 0.15) is 0 Å². The van der Waals surface area contributed by atoms with E-state index in [2.05, 4.69) is 5.90 Å². The minimum absolute atomic E-state index is 0.137. The van der Waals surface area contributed by atoms with Gasteiger partial charge in [-0.3, -0.25) is 10.1 Å². The van der Waals surface area contributed by atoms with E-state index in [0.717, 1.165) is 0 Å². The van der Waals surface area contributed by atoms with Crippen LogP contribution in [0.5, 0.6) is 0 Å². The average Bonchev–Trinajstić information content (AvgIpc) is 2.10. The highest BCUT2D eigenvalue weighted by molar-refractivity contribution is 5.27. The molecule has 1 aromatic carbocycles. The van der Waals surface area contributed by atoms with E-state index in [0.29, 0.717) is 0 Å². The van der Waals surface area contributed by atoms with Gasteiger partial charge in [-0.15, -0.1) is 0 Å². The van der Waals surface area contributed by atoms with Crippen LogP contribution < -0.4 is 5.90 Å². The fourth-order valence-electron chi connectivity index (χ4n) is 0.550. The Kier molecular flexibility index (Phi) is 4.63. The van der Waals surface area contributed by atoms with Crippen LogP contribution in [0.4, 0.5) is 5.69 Å². The van der Waals surface area contributed by atoms with E-state index < -0.39 is 4.92 Å². The van der Waals surface area contributed by atoms with Gasteiger partial charge in [-0.1, -0.05) is 18.2 Å². The molecule has 0 aliphatic rings. The molecule has 0 saturated heterocycles. The zero-order valence-corrected chi connectivity index (χ0v) is 5.68. The van der Waals surface area contributed by atoms with Crippen LogP contribution in [0.2, 0.25) is 0 Å². The van der Waals surface area contributed by atoms with E-state index in [1.807, 2.05) is 0 Å². The van der Waals surface area contributed by atoms with Crippen molar-refractivity contribution in [3.63, 3.8) is 0 Å². The highest BCUT2D eigenvalue weighted by Crippen LogP contribution is 2.06. The van der Waals surface area contributed by atoms with E-state index >= 15 is 0 Å². The Hall–Kier alpha value is -1.46. The first-order valence-electron chi connectivity index (χ1n) is 2.76. The van der Waals surface area contributed by atoms with Gasteiger partial charge in [-0.2, -0.15) is 0 Å². The second-order valence-corrected chi connectivity index (χ2v) is 1.59. The first kappa shape index (κ1) is 9.54. The molecule has 0 radical (unpaired) electrons. The molecule has 0 saturated carbocycles. The Morgan fingerprint density at radius 1 is 1.27 bits per heavy atom. The van der Waals surface area contributed by atoms with Gasteiger partial charge in [0.2, 0.25) is 0 Å². The zero-order chi connectivity index (χ0) is 8.69. The summed E-state index contributed by atoms with van der Waals surface area (Å²) < 4.78 is 0. The van der Waals surface area contributed by atoms with Gasteiger partial charge in [-0.05, 0) is 0 Å². The number of hydrogen-bond acceptors (Lipinski definition) is 4. The Bertz CT molecular complexity index is 212. The van der Waals surface area contributed by atoms with Gasteiger partial charge in [0, 0.05) is 12.1 Å². The van der Waals surface area contributed by atoms with E-state index in [1.54, 1.807) is 18.2 Å². The first-order valence-corrected chi connectivity index (χ1v) is 2.76. The average molecular weight is 156 g/mol. The summed E-state index contributed by atoms with van der Waals surface area (Å²) in [5.74, 6) is 3.50. The number of para-hydroxylation sites is 1. The van der Waals surface area contributed by atoms with Crippen molar-refractivity contribution in [1.29, 1.82) is 0 Å². The first-order chi connectivity index (χ1) is 5.30. The smallest absolute Gasteiger partial charge is 0.269 e. The summed E-state index contributed by atoms with van der Waals surface area (Å²) in [6.07, 6.45) is 0. The molecule has 5 nitrogen and oxygen atoms in total. The zero-order valence-electron chi connectivity index (χ0n) is 5.68. The molecular formula is C6H8N2O3. The number of nitrogens with two attached hydrogens (primary N) is 1. The molecule has 1 rings (SSSR count). The lowest BCUT2D eigenvalue weighted by Gasteiger charge is -1.85. The molecule has 0 aromatic heterocycles. The monoisotopic (exact) mass is 156 g/mol. The minimum atomic E-state index is -0.417. The second-order valence-electron chi connectivity index (χ2n) is 1.59. The summed E-state index contributed by atoms with van der Waals surface area (Å²) in [5.41, 5.74) is 0.137. The lowest BCUT2D eigenvalue weighted by atomic mass is 10.3. The van der Waals surface area contributed by atoms with Crippen molar-refractivity contribution in [2.45, 2.75) is 0 Å². The molecule has 0 aliphatic carbocycles. The number of non-ortho nitro benzene ring substituents is 1. The highest BCUT2D eigenvalue weighted by Gasteiger charge is 1.98. The molecular weight excluding hydrogens is 148 g/mol. The summed E-state index contributed by atoms with van der Waals surface area (Å²) >= 11 is 0. The molecule has 0 unspecified atom stereocenters. The summed E-state index contributed by atoms with van der Waals surface area (Å²) in [7, 11) is 0. The molecule has 5 heteroatoms. The fourth-order valence-corrected chi connectivity index (χ4v) is 0.550. The summed E-state index contributed by atoms with van der Waals surface area (Å²) in [5, 5.41) is 16.5. The molecule has 0 bridgehead atoms. The summed E-state index contributed by atoms with van der Waals surface area (Å²) in [6.45, 7) is 0. The molecule has 0 amide bonds. The fraction of sp³-hybridized carbons (Fsp3) is 0. The third-order valence-corrected chi connectivity index (χ3v) is 0.967. The molecule has 0 spiro atoms. The Morgan fingerprint density at radius 3 is 2.00 bits per heavy atom. The standard InChI is InChI=1S/C6H5NO2.H3NO/c8-7(9)6-4-2-1-3-5-6;1-2/h1-5H;2H,1H2. The predicted octanol–water partition coefficient (Wildman–Crippen LogP) is 0.929. The maximum atomic E-state index is 10.0. The molecule has 60 valence electrons. The van der Waals surface area contributed by atoms with Gasteiger partial charge in [-0.25, -0.2) is 5.90 Å². The molecule has 1 aromatic rings. The highest BCUT2D eigenvalue weighted by atomic mass is 16.6. The summed E-state index contributed by atoms with van der Waals surface area (Å²) in [6, 6.07) is 7.93. The number of nitro groups is 1. The van der Waals surface area contributed by atoms with Crippen molar-refractivity contribution >= 4 is 5.69 Å². The van der Waals surface area contributed by atoms with E-state index in [-0.39, 0.29) is 5.69 Å². The van der Waals surface area contributed by atoms with Crippen LogP contribution in [-0.4, -0.2) is 10.1 Å². The van der Waals surface area contributed by atoms with Crippen molar-refractivity contribution < 1.29 is 10.1 Å². The van der Waals surface area contributed by atoms with Gasteiger partial charge in [0.25, 0.3) is 5.69 Å².